The van der Waals surface area contributed by atoms with Crippen LogP contribution in [0.1, 0.15) is 18.2 Å². The Morgan fingerprint density at radius 1 is 1.20 bits per heavy atom. The minimum Gasteiger partial charge on any atom is -0.420 e. The molecule has 0 N–H and O–H groups in total. The van der Waals surface area contributed by atoms with Crippen molar-refractivity contribution < 1.29 is 4.42 Å². The predicted molar refractivity (Wildman–Crippen MR) is 78.9 cm³/mol. The van der Waals surface area contributed by atoms with Gasteiger partial charge in [-0.15, -0.1) is 10.2 Å². The van der Waals surface area contributed by atoms with Crippen LogP contribution in [-0.2, 0) is 0 Å². The van der Waals surface area contributed by atoms with Gasteiger partial charge in [-0.3, -0.25) is 0 Å². The van der Waals surface area contributed by atoms with Crippen LogP contribution < -0.4 is 4.90 Å². The maximum Gasteiger partial charge on any atom is 0.247 e. The van der Waals surface area contributed by atoms with E-state index in [0.29, 0.717) is 11.8 Å². The quantitative estimate of drug-likeness (QED) is 0.857. The van der Waals surface area contributed by atoms with Gasteiger partial charge in [0.25, 0.3) is 0 Å². The average Bonchev–Trinajstić information content (AvgIpc) is 3.07. The highest BCUT2D eigenvalue weighted by atomic mass is 16.4. The first kappa shape index (κ1) is 13.1. The molecule has 1 atom stereocenters. The van der Waals surface area contributed by atoms with Gasteiger partial charge in [-0.2, -0.15) is 0 Å². The Kier molecular flexibility index (Phi) is 3.44. The number of aromatic nitrogens is 2. The van der Waals surface area contributed by atoms with Crippen LogP contribution in [0.3, 0.4) is 0 Å². The molecule has 5 nitrogen and oxygen atoms in total. The first-order valence-electron chi connectivity index (χ1n) is 6.93. The molecule has 1 aliphatic rings. The Morgan fingerprint density at radius 3 is 2.55 bits per heavy atom. The number of rotatable bonds is 3. The van der Waals surface area contributed by atoms with Crippen molar-refractivity contribution in [1.82, 2.24) is 15.1 Å². The number of anilines is 1. The summed E-state index contributed by atoms with van der Waals surface area (Å²) in [5, 5.41) is 8.39. The van der Waals surface area contributed by atoms with E-state index in [-0.39, 0.29) is 0 Å². The zero-order valence-electron chi connectivity index (χ0n) is 12.2. The van der Waals surface area contributed by atoms with Gasteiger partial charge in [-0.25, -0.2) is 0 Å². The van der Waals surface area contributed by atoms with Crippen molar-refractivity contribution in [2.24, 2.45) is 0 Å². The second kappa shape index (κ2) is 5.25. The van der Waals surface area contributed by atoms with E-state index < -0.39 is 0 Å². The monoisotopic (exact) mass is 272 g/mol. The van der Waals surface area contributed by atoms with E-state index in [2.05, 4.69) is 39.2 Å². The first-order valence-corrected chi connectivity index (χ1v) is 6.93. The molecule has 0 amide bonds. The largest absolute Gasteiger partial charge is 0.420 e. The Morgan fingerprint density at radius 2 is 1.95 bits per heavy atom. The molecule has 3 rings (SSSR count). The summed E-state index contributed by atoms with van der Waals surface area (Å²) in [5.74, 6) is 1.75. The molecule has 2 aromatic rings. The normalized spacial score (nSPS) is 19.4. The molecule has 1 saturated heterocycles. The van der Waals surface area contributed by atoms with Crippen LogP contribution in [0.15, 0.2) is 28.7 Å². The molecule has 0 aliphatic carbocycles. The van der Waals surface area contributed by atoms with Crippen molar-refractivity contribution in [2.45, 2.75) is 12.3 Å². The van der Waals surface area contributed by atoms with Crippen molar-refractivity contribution >= 4 is 5.69 Å². The Balaban J connectivity index is 1.79. The molecule has 0 spiro atoms. The van der Waals surface area contributed by atoms with Crippen LogP contribution in [0.4, 0.5) is 5.69 Å². The molecule has 1 unspecified atom stereocenters. The highest BCUT2D eigenvalue weighted by Gasteiger charge is 2.26. The smallest absolute Gasteiger partial charge is 0.247 e. The number of likely N-dealkylation sites (tertiary alicyclic amines) is 1. The molecule has 1 fully saturated rings. The molecule has 0 bridgehead atoms. The van der Waals surface area contributed by atoms with E-state index >= 15 is 0 Å². The number of nitrogens with zero attached hydrogens (tertiary/aromatic N) is 4. The number of likely N-dealkylation sites (N-methyl/N-ethyl adjacent to an activating group) is 1. The predicted octanol–water partition coefficient (Wildman–Crippen LogP) is 2.22. The van der Waals surface area contributed by atoms with Crippen LogP contribution in [0.5, 0.6) is 0 Å². The van der Waals surface area contributed by atoms with Gasteiger partial charge in [0.15, 0.2) is 0 Å². The Bertz CT molecular complexity index is 576. The van der Waals surface area contributed by atoms with Crippen molar-refractivity contribution in [3.8, 4) is 11.5 Å². The summed E-state index contributed by atoms with van der Waals surface area (Å²) >= 11 is 0. The van der Waals surface area contributed by atoms with Crippen LogP contribution in [-0.4, -0.2) is 49.3 Å². The van der Waals surface area contributed by atoms with Gasteiger partial charge in [0.05, 0.1) is 5.92 Å². The van der Waals surface area contributed by atoms with Gasteiger partial charge in [-0.05, 0) is 44.3 Å². The van der Waals surface area contributed by atoms with E-state index in [1.807, 2.05) is 26.2 Å². The van der Waals surface area contributed by atoms with Gasteiger partial charge >= 0.3 is 0 Å². The van der Waals surface area contributed by atoms with Crippen molar-refractivity contribution in [2.75, 3.05) is 39.1 Å². The summed E-state index contributed by atoms with van der Waals surface area (Å²) in [7, 11) is 6.17. The minimum atomic E-state index is 0.377. The van der Waals surface area contributed by atoms with Crippen LogP contribution in [0, 0.1) is 0 Å². The lowest BCUT2D eigenvalue weighted by molar-refractivity contribution is 0.394. The fourth-order valence-electron chi connectivity index (χ4n) is 2.55. The molecular weight excluding hydrogens is 252 g/mol. The zero-order valence-corrected chi connectivity index (χ0v) is 12.2. The number of benzene rings is 1. The first-order chi connectivity index (χ1) is 9.63. The van der Waals surface area contributed by atoms with Crippen LogP contribution in [0.25, 0.3) is 11.5 Å². The molecule has 5 heteroatoms. The van der Waals surface area contributed by atoms with E-state index in [1.54, 1.807) is 0 Å². The SMILES string of the molecule is CN1CCC(c2nnc(-c3ccc(N(C)C)cc3)o2)C1. The summed E-state index contributed by atoms with van der Waals surface area (Å²) in [6.45, 7) is 2.10. The van der Waals surface area contributed by atoms with Crippen LogP contribution >= 0.6 is 0 Å². The lowest BCUT2D eigenvalue weighted by Gasteiger charge is -2.11. The van der Waals surface area contributed by atoms with Gasteiger partial charge in [0, 0.05) is 31.9 Å². The molecule has 1 aromatic carbocycles. The molecule has 20 heavy (non-hydrogen) atoms. The fourth-order valence-corrected chi connectivity index (χ4v) is 2.55. The van der Waals surface area contributed by atoms with Gasteiger partial charge in [0.1, 0.15) is 0 Å². The average molecular weight is 272 g/mol. The zero-order chi connectivity index (χ0) is 14.1. The summed E-state index contributed by atoms with van der Waals surface area (Å²) < 4.78 is 5.84. The summed E-state index contributed by atoms with van der Waals surface area (Å²) in [4.78, 5) is 4.36. The Labute approximate surface area is 119 Å². The fraction of sp³-hybridized carbons (Fsp3) is 0.467. The molecular formula is C15H20N4O. The molecule has 1 aliphatic heterocycles. The van der Waals surface area contributed by atoms with Crippen LogP contribution in [0.2, 0.25) is 0 Å². The van der Waals surface area contributed by atoms with E-state index in [1.165, 1.54) is 0 Å². The van der Waals surface area contributed by atoms with E-state index in [4.69, 9.17) is 4.42 Å². The lowest BCUT2D eigenvalue weighted by atomic mass is 10.1. The van der Waals surface area contributed by atoms with E-state index in [0.717, 1.165) is 36.7 Å². The third kappa shape index (κ3) is 2.54. The van der Waals surface area contributed by atoms with Crippen molar-refractivity contribution in [3.05, 3.63) is 30.2 Å². The maximum absolute atomic E-state index is 5.84. The number of hydrogen-bond acceptors (Lipinski definition) is 5. The second-order valence-corrected chi connectivity index (χ2v) is 5.63. The molecule has 106 valence electrons. The highest BCUT2D eigenvalue weighted by molar-refractivity contribution is 5.58. The highest BCUT2D eigenvalue weighted by Crippen LogP contribution is 2.28. The molecule has 0 saturated carbocycles. The lowest BCUT2D eigenvalue weighted by Crippen LogP contribution is -2.13. The Hall–Kier alpha value is -1.88. The summed E-state index contributed by atoms with van der Waals surface area (Å²) in [5.41, 5.74) is 2.13. The third-order valence-corrected chi connectivity index (χ3v) is 3.81. The van der Waals surface area contributed by atoms with E-state index in [9.17, 15) is 0 Å². The third-order valence-electron chi connectivity index (χ3n) is 3.81. The van der Waals surface area contributed by atoms with Gasteiger partial charge in [0.2, 0.25) is 11.8 Å². The molecule has 2 heterocycles. The van der Waals surface area contributed by atoms with Crippen molar-refractivity contribution in [3.63, 3.8) is 0 Å². The summed E-state index contributed by atoms with van der Waals surface area (Å²) in [6.07, 6.45) is 1.09. The van der Waals surface area contributed by atoms with Crippen molar-refractivity contribution in [1.29, 1.82) is 0 Å². The summed E-state index contributed by atoms with van der Waals surface area (Å²) in [6, 6.07) is 8.16. The molecule has 0 radical (unpaired) electrons. The number of hydrogen-bond donors (Lipinski definition) is 0. The van der Waals surface area contributed by atoms with Gasteiger partial charge < -0.3 is 14.2 Å². The minimum absolute atomic E-state index is 0.377. The second-order valence-electron chi connectivity index (χ2n) is 5.63. The molecule has 1 aromatic heterocycles. The topological polar surface area (TPSA) is 45.4 Å². The maximum atomic E-state index is 5.84. The standard InChI is InChI=1S/C15H20N4O/c1-18(2)13-6-4-11(5-7-13)14-16-17-15(20-14)12-8-9-19(3)10-12/h4-7,12H,8-10H2,1-3H3. The van der Waals surface area contributed by atoms with Gasteiger partial charge in [-0.1, -0.05) is 0 Å².